The molecule has 0 spiro atoms. The van der Waals surface area contributed by atoms with Crippen LogP contribution in [0.25, 0.3) is 0 Å². The van der Waals surface area contributed by atoms with Crippen LogP contribution in [0.4, 0.5) is 0 Å². The van der Waals surface area contributed by atoms with E-state index in [0.29, 0.717) is 0 Å². The van der Waals surface area contributed by atoms with Gasteiger partial charge in [0.1, 0.15) is 6.10 Å². The zero-order chi connectivity index (χ0) is 9.07. The van der Waals surface area contributed by atoms with E-state index in [9.17, 15) is 0 Å². The van der Waals surface area contributed by atoms with E-state index >= 15 is 0 Å². The maximum absolute atomic E-state index is 5.62. The minimum Gasteiger partial charge on any atom is -0.373 e. The van der Waals surface area contributed by atoms with Gasteiger partial charge in [0.25, 0.3) is 0 Å². The first-order chi connectivity index (χ1) is 4.93. The molecule has 68 valence electrons. The number of hydrogen-bond donors (Lipinski definition) is 0. The van der Waals surface area contributed by atoms with E-state index in [4.69, 9.17) is 55.9 Å². The summed E-state index contributed by atoms with van der Waals surface area (Å²) in [6, 6.07) is 0. The van der Waals surface area contributed by atoms with Gasteiger partial charge in [0.2, 0.25) is 3.79 Å². The highest BCUT2D eigenvalue weighted by atomic mass is 35.6. The smallest absolute Gasteiger partial charge is 0.220 e. The zero-order valence-corrected chi connectivity index (χ0v) is 9.01. The van der Waals surface area contributed by atoms with Gasteiger partial charge in [-0.05, 0) is 0 Å². The molecule has 2 nitrogen and oxygen atoms in total. The van der Waals surface area contributed by atoms with Crippen molar-refractivity contribution in [3.8, 4) is 0 Å². The summed E-state index contributed by atoms with van der Waals surface area (Å²) < 4.78 is 7.96. The van der Waals surface area contributed by atoms with Crippen molar-refractivity contribution in [3.63, 3.8) is 0 Å². The van der Waals surface area contributed by atoms with Crippen LogP contribution in [0, 0.1) is 0 Å². The maximum Gasteiger partial charge on any atom is 0.220 e. The van der Waals surface area contributed by atoms with Crippen LogP contribution < -0.4 is 0 Å². The minimum atomic E-state index is -1.57. The van der Waals surface area contributed by atoms with E-state index in [2.05, 4.69) is 0 Å². The van der Waals surface area contributed by atoms with Crippen LogP contribution in [0.1, 0.15) is 0 Å². The molecule has 0 aliphatic carbocycles. The highest BCUT2D eigenvalue weighted by Crippen LogP contribution is 2.35. The van der Waals surface area contributed by atoms with Crippen LogP contribution in [0.15, 0.2) is 0 Å². The summed E-state index contributed by atoms with van der Waals surface area (Å²) in [4.78, 5) is 0. The Balaban J connectivity index is 4.16. The molecule has 0 aromatic heterocycles. The molecule has 0 heterocycles. The number of alkyl halides is 4. The van der Waals surface area contributed by atoms with Gasteiger partial charge in [-0.3, -0.25) is 0 Å². The molecule has 0 aromatic rings. The summed E-state index contributed by atoms with van der Waals surface area (Å²) in [5, 5.41) is 0. The monoisotopic (exact) mass is 240 g/mol. The quantitative estimate of drug-likeness (QED) is 0.708. The maximum atomic E-state index is 5.62. The van der Waals surface area contributed by atoms with E-state index in [0.717, 1.165) is 0 Å². The molecule has 0 N–H and O–H groups in total. The van der Waals surface area contributed by atoms with Gasteiger partial charge in [-0.2, -0.15) is 0 Å². The molecule has 0 saturated heterocycles. The fourth-order valence-corrected chi connectivity index (χ4v) is 1.61. The number of ether oxygens (including phenoxy) is 2. The topological polar surface area (TPSA) is 18.5 Å². The van der Waals surface area contributed by atoms with Gasteiger partial charge in [0, 0.05) is 14.2 Å². The summed E-state index contributed by atoms with van der Waals surface area (Å²) in [7, 11) is 2.79. The van der Waals surface area contributed by atoms with Crippen LogP contribution in [0.5, 0.6) is 0 Å². The first-order valence-corrected chi connectivity index (χ1v) is 4.27. The van der Waals surface area contributed by atoms with Crippen molar-refractivity contribution in [2.75, 3.05) is 14.2 Å². The Kier molecular flexibility index (Phi) is 5.44. The predicted molar refractivity (Wildman–Crippen MR) is 47.7 cm³/mol. The summed E-state index contributed by atoms with van der Waals surface area (Å²) in [5.41, 5.74) is -0.771. The third-order valence-corrected chi connectivity index (χ3v) is 2.09. The van der Waals surface area contributed by atoms with E-state index in [1.807, 2.05) is 0 Å². The van der Waals surface area contributed by atoms with Gasteiger partial charge in [-0.25, -0.2) is 0 Å². The largest absolute Gasteiger partial charge is 0.373 e. The minimum absolute atomic E-state index is 0.771. The Bertz CT molecular complexity index is 114. The van der Waals surface area contributed by atoms with Crippen molar-refractivity contribution in [2.45, 2.75) is 15.5 Å². The Labute approximate surface area is 85.6 Å². The third-order valence-electron chi connectivity index (χ3n) is 1.04. The Morgan fingerprint density at radius 1 is 1.09 bits per heavy atom. The predicted octanol–water partition coefficient (Wildman–Crippen LogP) is 2.58. The zero-order valence-electron chi connectivity index (χ0n) is 5.98. The molecule has 0 bridgehead atoms. The third kappa shape index (κ3) is 4.02. The molecule has 6 heteroatoms. The van der Waals surface area contributed by atoms with Crippen molar-refractivity contribution >= 4 is 46.4 Å². The molecular weight excluding hydrogens is 234 g/mol. The molecular formula is C5H8Cl4O2. The van der Waals surface area contributed by atoms with E-state index in [1.54, 1.807) is 0 Å². The fraction of sp³-hybridized carbons (Fsp3) is 1.00. The second-order valence-corrected chi connectivity index (χ2v) is 4.58. The molecule has 0 fully saturated rings. The number of methoxy groups -OCH3 is 2. The van der Waals surface area contributed by atoms with Crippen molar-refractivity contribution in [1.82, 2.24) is 0 Å². The van der Waals surface area contributed by atoms with Crippen LogP contribution in [0.3, 0.4) is 0 Å². The Hall–Kier alpha value is 1.08. The van der Waals surface area contributed by atoms with E-state index < -0.39 is 15.5 Å². The van der Waals surface area contributed by atoms with Gasteiger partial charge in [0.15, 0.2) is 5.56 Å². The van der Waals surface area contributed by atoms with Gasteiger partial charge >= 0.3 is 0 Å². The van der Waals surface area contributed by atoms with Crippen LogP contribution in [-0.2, 0) is 9.47 Å². The van der Waals surface area contributed by atoms with Crippen LogP contribution in [-0.4, -0.2) is 29.7 Å². The molecule has 0 aliphatic heterocycles. The molecule has 0 aliphatic rings. The second-order valence-electron chi connectivity index (χ2n) is 1.78. The van der Waals surface area contributed by atoms with Crippen molar-refractivity contribution in [2.24, 2.45) is 0 Å². The van der Waals surface area contributed by atoms with Gasteiger partial charge in [-0.15, -0.1) is 0 Å². The Morgan fingerprint density at radius 2 is 1.55 bits per heavy atom. The fourth-order valence-electron chi connectivity index (χ4n) is 0.513. The normalized spacial score (nSPS) is 18.0. The lowest BCUT2D eigenvalue weighted by atomic mass is 10.4. The summed E-state index contributed by atoms with van der Waals surface area (Å²) in [6.45, 7) is 0. The number of rotatable bonds is 3. The molecule has 11 heavy (non-hydrogen) atoms. The first-order valence-electron chi connectivity index (χ1n) is 2.70. The summed E-state index contributed by atoms with van der Waals surface area (Å²) in [5.74, 6) is 0. The molecule has 0 aromatic carbocycles. The van der Waals surface area contributed by atoms with Crippen molar-refractivity contribution < 1.29 is 9.47 Å². The standard InChI is InChI=1S/C5H8Cl4O2/c1-10-3(4(6)11-2)5(7,8)9/h3-4H,1-2H3. The molecule has 0 radical (unpaired) electrons. The summed E-state index contributed by atoms with van der Waals surface area (Å²) in [6.07, 6.45) is -0.779. The average molecular weight is 242 g/mol. The van der Waals surface area contributed by atoms with Gasteiger partial charge in [0.05, 0.1) is 0 Å². The highest BCUT2D eigenvalue weighted by Gasteiger charge is 2.38. The van der Waals surface area contributed by atoms with Crippen molar-refractivity contribution in [1.29, 1.82) is 0 Å². The lowest BCUT2D eigenvalue weighted by Crippen LogP contribution is -2.37. The molecule has 0 saturated carbocycles. The first kappa shape index (κ1) is 12.1. The van der Waals surface area contributed by atoms with Crippen LogP contribution in [0.2, 0.25) is 0 Å². The van der Waals surface area contributed by atoms with E-state index in [1.165, 1.54) is 14.2 Å². The number of hydrogen-bond acceptors (Lipinski definition) is 2. The lowest BCUT2D eigenvalue weighted by Gasteiger charge is -2.25. The molecule has 2 unspecified atom stereocenters. The SMILES string of the molecule is COC(Cl)C(OC)C(Cl)(Cl)Cl. The molecule has 2 atom stereocenters. The van der Waals surface area contributed by atoms with E-state index in [-0.39, 0.29) is 0 Å². The van der Waals surface area contributed by atoms with Crippen LogP contribution >= 0.6 is 46.4 Å². The lowest BCUT2D eigenvalue weighted by molar-refractivity contribution is 0.00826. The number of halogens is 4. The second kappa shape index (κ2) is 4.95. The van der Waals surface area contributed by atoms with Gasteiger partial charge in [-0.1, -0.05) is 46.4 Å². The molecule has 0 amide bonds. The average Bonchev–Trinajstić information content (AvgIpc) is 1.86. The van der Waals surface area contributed by atoms with Crippen molar-refractivity contribution in [3.05, 3.63) is 0 Å². The molecule has 0 rings (SSSR count). The highest BCUT2D eigenvalue weighted by molar-refractivity contribution is 6.68. The van der Waals surface area contributed by atoms with Gasteiger partial charge < -0.3 is 9.47 Å². The Morgan fingerprint density at radius 3 is 1.64 bits per heavy atom. The summed E-state index contributed by atoms with van der Waals surface area (Å²) >= 11 is 22.2.